The first-order valence-corrected chi connectivity index (χ1v) is 8.39. The summed E-state index contributed by atoms with van der Waals surface area (Å²) in [6.45, 7) is 2.44. The molecule has 1 saturated heterocycles. The predicted molar refractivity (Wildman–Crippen MR) is 89.9 cm³/mol. The number of hydrogen-bond donors (Lipinski definition) is 2. The Morgan fingerprint density at radius 1 is 1.35 bits per heavy atom. The number of aromatic hydroxyl groups is 1. The third-order valence-corrected chi connectivity index (χ3v) is 4.82. The average Bonchev–Trinajstić information content (AvgIpc) is 3.20. The summed E-state index contributed by atoms with van der Waals surface area (Å²) in [5.41, 5.74) is 1.28. The zero-order valence-corrected chi connectivity index (χ0v) is 13.6. The first kappa shape index (κ1) is 15.6. The quantitative estimate of drug-likeness (QED) is 0.850. The number of hydrogen-bond acceptors (Lipinski definition) is 4. The van der Waals surface area contributed by atoms with Crippen molar-refractivity contribution < 1.29 is 14.7 Å². The Hall–Kier alpha value is -2.34. The highest BCUT2D eigenvalue weighted by atomic mass is 32.1. The van der Waals surface area contributed by atoms with Crippen molar-refractivity contribution in [1.82, 2.24) is 4.90 Å². The van der Waals surface area contributed by atoms with Crippen molar-refractivity contribution in [2.24, 2.45) is 0 Å². The number of benzene rings is 1. The summed E-state index contributed by atoms with van der Waals surface area (Å²) >= 11 is 1.38. The first-order valence-electron chi connectivity index (χ1n) is 7.51. The molecule has 1 aliphatic rings. The molecule has 0 spiro atoms. The van der Waals surface area contributed by atoms with Crippen molar-refractivity contribution in [2.75, 3.05) is 11.9 Å². The first-order chi connectivity index (χ1) is 11.1. The monoisotopic (exact) mass is 330 g/mol. The van der Waals surface area contributed by atoms with E-state index < -0.39 is 6.04 Å². The van der Waals surface area contributed by atoms with Gasteiger partial charge in [-0.2, -0.15) is 0 Å². The minimum atomic E-state index is -0.495. The Morgan fingerprint density at radius 3 is 2.87 bits per heavy atom. The van der Waals surface area contributed by atoms with Crippen LogP contribution in [-0.4, -0.2) is 34.4 Å². The molecule has 1 aromatic heterocycles. The minimum absolute atomic E-state index is 0.0347. The average molecular weight is 330 g/mol. The van der Waals surface area contributed by atoms with E-state index in [4.69, 9.17) is 0 Å². The second-order valence-electron chi connectivity index (χ2n) is 5.64. The van der Waals surface area contributed by atoms with Gasteiger partial charge in [-0.3, -0.25) is 9.59 Å². The number of amides is 2. The molecule has 5 nitrogen and oxygen atoms in total. The molecule has 3 rings (SSSR count). The standard InChI is InChI=1S/C17H18N2O3S/c1-11-6-7-12(14(20)10-11)18-16(21)13-4-2-8-19(13)17(22)15-5-3-9-23-15/h3,5-7,9-10,13,20H,2,4,8H2,1H3,(H,18,21)/t13-/m0/s1. The number of carbonyl (C=O) groups is 2. The lowest BCUT2D eigenvalue weighted by Crippen LogP contribution is -2.42. The molecule has 1 aliphatic heterocycles. The van der Waals surface area contributed by atoms with Gasteiger partial charge in [-0.15, -0.1) is 11.3 Å². The SMILES string of the molecule is Cc1ccc(NC(=O)[C@@H]2CCCN2C(=O)c2cccs2)c(O)c1. The zero-order chi connectivity index (χ0) is 16.4. The lowest BCUT2D eigenvalue weighted by Gasteiger charge is -2.23. The van der Waals surface area contributed by atoms with Crippen LogP contribution in [0.5, 0.6) is 5.75 Å². The summed E-state index contributed by atoms with van der Waals surface area (Å²) in [5, 5.41) is 14.5. The summed E-state index contributed by atoms with van der Waals surface area (Å²) in [7, 11) is 0. The topological polar surface area (TPSA) is 69.6 Å². The van der Waals surface area contributed by atoms with Crippen molar-refractivity contribution in [3.63, 3.8) is 0 Å². The fourth-order valence-corrected chi connectivity index (χ4v) is 3.47. The fraction of sp³-hybridized carbons (Fsp3) is 0.294. The van der Waals surface area contributed by atoms with Gasteiger partial charge in [0.1, 0.15) is 11.8 Å². The van der Waals surface area contributed by atoms with Crippen LogP contribution in [0.2, 0.25) is 0 Å². The number of rotatable bonds is 3. The molecule has 2 aromatic rings. The number of phenols is 1. The third-order valence-electron chi connectivity index (χ3n) is 3.96. The summed E-state index contributed by atoms with van der Waals surface area (Å²) in [6, 6.07) is 8.19. The van der Waals surface area contributed by atoms with E-state index in [0.717, 1.165) is 12.0 Å². The van der Waals surface area contributed by atoms with Crippen LogP contribution < -0.4 is 5.32 Å². The van der Waals surface area contributed by atoms with E-state index in [-0.39, 0.29) is 17.6 Å². The van der Waals surface area contributed by atoms with E-state index in [0.29, 0.717) is 23.5 Å². The normalized spacial score (nSPS) is 17.3. The number of thiophene rings is 1. The van der Waals surface area contributed by atoms with Gasteiger partial charge in [0.05, 0.1) is 10.6 Å². The van der Waals surface area contributed by atoms with Crippen molar-refractivity contribution >= 4 is 28.8 Å². The number of nitrogens with zero attached hydrogens (tertiary/aromatic N) is 1. The van der Waals surface area contributed by atoms with Gasteiger partial charge in [-0.05, 0) is 48.9 Å². The third kappa shape index (κ3) is 3.22. The Morgan fingerprint density at radius 2 is 2.17 bits per heavy atom. The van der Waals surface area contributed by atoms with Gasteiger partial charge in [0.2, 0.25) is 5.91 Å². The second kappa shape index (κ2) is 6.42. The van der Waals surface area contributed by atoms with Crippen molar-refractivity contribution in [2.45, 2.75) is 25.8 Å². The maximum absolute atomic E-state index is 12.5. The molecule has 2 N–H and O–H groups in total. The van der Waals surface area contributed by atoms with Gasteiger partial charge in [-0.25, -0.2) is 0 Å². The minimum Gasteiger partial charge on any atom is -0.506 e. The summed E-state index contributed by atoms with van der Waals surface area (Å²) < 4.78 is 0. The van der Waals surface area contributed by atoms with Crippen LogP contribution in [0.25, 0.3) is 0 Å². The number of nitrogens with one attached hydrogen (secondary N) is 1. The smallest absolute Gasteiger partial charge is 0.264 e. The summed E-state index contributed by atoms with van der Waals surface area (Å²) in [5.74, 6) is -0.329. The highest BCUT2D eigenvalue weighted by Crippen LogP contribution is 2.27. The van der Waals surface area contributed by atoms with E-state index in [9.17, 15) is 14.7 Å². The second-order valence-corrected chi connectivity index (χ2v) is 6.59. The molecule has 2 amide bonds. The van der Waals surface area contributed by atoms with Crippen LogP contribution in [0.3, 0.4) is 0 Å². The van der Waals surface area contributed by atoms with Gasteiger partial charge in [-0.1, -0.05) is 12.1 Å². The fourth-order valence-electron chi connectivity index (χ4n) is 2.79. The molecule has 0 radical (unpaired) electrons. The van der Waals surface area contributed by atoms with Crippen molar-refractivity contribution in [3.05, 3.63) is 46.2 Å². The van der Waals surface area contributed by atoms with Crippen LogP contribution in [0.4, 0.5) is 5.69 Å². The molecule has 0 bridgehead atoms. The molecule has 23 heavy (non-hydrogen) atoms. The van der Waals surface area contributed by atoms with E-state index in [1.54, 1.807) is 23.1 Å². The molecular formula is C17H18N2O3S. The molecule has 1 atom stereocenters. The Kier molecular flexibility index (Phi) is 4.34. The summed E-state index contributed by atoms with van der Waals surface area (Å²) in [4.78, 5) is 27.3. The highest BCUT2D eigenvalue weighted by Gasteiger charge is 2.35. The van der Waals surface area contributed by atoms with Crippen molar-refractivity contribution in [1.29, 1.82) is 0 Å². The molecule has 1 fully saturated rings. The zero-order valence-electron chi connectivity index (χ0n) is 12.8. The van der Waals surface area contributed by atoms with Gasteiger partial charge < -0.3 is 15.3 Å². The molecule has 2 heterocycles. The molecule has 120 valence electrons. The van der Waals surface area contributed by atoms with Crippen LogP contribution >= 0.6 is 11.3 Å². The lowest BCUT2D eigenvalue weighted by atomic mass is 10.1. The number of anilines is 1. The van der Waals surface area contributed by atoms with Crippen molar-refractivity contribution in [3.8, 4) is 5.75 Å². The Labute approximate surface area is 138 Å². The van der Waals surface area contributed by atoms with Gasteiger partial charge in [0.25, 0.3) is 5.91 Å². The number of likely N-dealkylation sites (tertiary alicyclic amines) is 1. The van der Waals surface area contributed by atoms with E-state index in [1.807, 2.05) is 24.4 Å². The number of aryl methyl sites for hydroxylation is 1. The van der Waals surface area contributed by atoms with Crippen LogP contribution in [0, 0.1) is 6.92 Å². The molecule has 0 aliphatic carbocycles. The number of phenolic OH excluding ortho intramolecular Hbond substituents is 1. The number of carbonyl (C=O) groups excluding carboxylic acids is 2. The van der Waals surface area contributed by atoms with Crippen LogP contribution in [0.15, 0.2) is 35.7 Å². The van der Waals surface area contributed by atoms with E-state index >= 15 is 0 Å². The Bertz CT molecular complexity index is 727. The van der Waals surface area contributed by atoms with Gasteiger partial charge in [0, 0.05) is 6.54 Å². The molecule has 0 unspecified atom stereocenters. The Balaban J connectivity index is 1.74. The van der Waals surface area contributed by atoms with Crippen LogP contribution in [-0.2, 0) is 4.79 Å². The largest absolute Gasteiger partial charge is 0.506 e. The van der Waals surface area contributed by atoms with Gasteiger partial charge in [0.15, 0.2) is 0 Å². The maximum Gasteiger partial charge on any atom is 0.264 e. The molecule has 0 saturated carbocycles. The lowest BCUT2D eigenvalue weighted by molar-refractivity contribution is -0.119. The van der Waals surface area contributed by atoms with Gasteiger partial charge >= 0.3 is 0 Å². The van der Waals surface area contributed by atoms with E-state index in [2.05, 4.69) is 5.32 Å². The maximum atomic E-state index is 12.5. The van der Waals surface area contributed by atoms with E-state index in [1.165, 1.54) is 11.3 Å². The highest BCUT2D eigenvalue weighted by molar-refractivity contribution is 7.12. The molecule has 1 aromatic carbocycles. The molecule has 6 heteroatoms. The predicted octanol–water partition coefficient (Wildman–Crippen LogP) is 3.01. The molecular weight excluding hydrogens is 312 g/mol. The summed E-state index contributed by atoms with van der Waals surface area (Å²) in [6.07, 6.45) is 1.44. The van der Waals surface area contributed by atoms with Crippen LogP contribution in [0.1, 0.15) is 28.1 Å².